The number of carboxylic acids is 2. The van der Waals surface area contributed by atoms with Gasteiger partial charge >= 0.3 is 64.6 Å². The van der Waals surface area contributed by atoms with Crippen molar-refractivity contribution in [2.45, 2.75) is 40.2 Å². The van der Waals surface area contributed by atoms with Gasteiger partial charge in [-0.2, -0.15) is 18.4 Å². The zero-order valence-electron chi connectivity index (χ0n) is 18.2. The first kappa shape index (κ1) is 32.6. The van der Waals surface area contributed by atoms with Gasteiger partial charge in [0.2, 0.25) is 11.1 Å². The maximum absolute atomic E-state index is 12.6. The molecular formula is C15H13F3N6Na2O6S3. The number of carbonyl (C=O) groups excluding carboxylic acids is 4. The third kappa shape index (κ3) is 8.53. The zero-order valence-corrected chi connectivity index (χ0v) is 24.6. The van der Waals surface area contributed by atoms with E-state index in [0.29, 0.717) is 0 Å². The Kier molecular flexibility index (Phi) is 12.9. The van der Waals surface area contributed by atoms with Gasteiger partial charge in [-0.15, -0.1) is 22.0 Å². The van der Waals surface area contributed by atoms with Gasteiger partial charge in [-0.1, -0.05) is 11.8 Å². The number of fused-ring (bicyclic) bond motifs is 1. The van der Waals surface area contributed by atoms with E-state index in [0.717, 1.165) is 28.4 Å². The van der Waals surface area contributed by atoms with Crippen LogP contribution in [0, 0.1) is 0 Å². The molecule has 35 heavy (non-hydrogen) atoms. The van der Waals surface area contributed by atoms with Gasteiger partial charge in [0.1, 0.15) is 11.4 Å². The number of aliphatic carboxylic acids is 2. The van der Waals surface area contributed by atoms with Crippen LogP contribution in [0.2, 0.25) is 0 Å². The van der Waals surface area contributed by atoms with Crippen LogP contribution in [0.1, 0.15) is 12.8 Å². The SMILES string of the molecule is O=C([O-])CCC(Sc1nn[nH]n1)C1=C(C(=O)[O-])N2C(=O)C(NC(=O)CSC(F)(F)F)[C@@H]2SC1.[Na+].[Na+]. The van der Waals surface area contributed by atoms with Crippen LogP contribution >= 0.6 is 35.3 Å². The number of halogens is 3. The monoisotopic (exact) mass is 572 g/mol. The molecule has 0 aliphatic carbocycles. The number of aromatic nitrogens is 4. The Morgan fingerprint density at radius 3 is 2.51 bits per heavy atom. The molecule has 0 saturated carbocycles. The molecule has 3 rings (SSSR count). The largest absolute Gasteiger partial charge is 1.00 e. The van der Waals surface area contributed by atoms with Gasteiger partial charge in [0.05, 0.1) is 17.4 Å². The number of nitrogens with one attached hydrogen (secondary N) is 2. The second-order valence-corrected chi connectivity index (χ2v) is 9.88. The summed E-state index contributed by atoms with van der Waals surface area (Å²) in [6.07, 6.45) is -0.493. The maximum Gasteiger partial charge on any atom is 1.00 e. The second-order valence-electron chi connectivity index (χ2n) is 6.56. The summed E-state index contributed by atoms with van der Waals surface area (Å²) in [5, 5.41) is 36.6. The summed E-state index contributed by atoms with van der Waals surface area (Å²) in [6, 6.07) is -1.21. The molecule has 1 aromatic heterocycles. The summed E-state index contributed by atoms with van der Waals surface area (Å²) in [4.78, 5) is 48.1. The number of amides is 2. The Morgan fingerprint density at radius 1 is 1.29 bits per heavy atom. The summed E-state index contributed by atoms with van der Waals surface area (Å²) in [5.74, 6) is -5.87. The van der Waals surface area contributed by atoms with E-state index in [1.807, 2.05) is 0 Å². The van der Waals surface area contributed by atoms with Crippen LogP contribution < -0.4 is 74.6 Å². The summed E-state index contributed by atoms with van der Waals surface area (Å²) in [6.45, 7) is 0. The maximum atomic E-state index is 12.6. The van der Waals surface area contributed by atoms with Crippen molar-refractivity contribution in [3.63, 3.8) is 0 Å². The van der Waals surface area contributed by atoms with Crippen LogP contribution in [-0.2, 0) is 19.2 Å². The van der Waals surface area contributed by atoms with E-state index in [1.54, 1.807) is 0 Å². The number of hydrogen-bond donors (Lipinski definition) is 2. The summed E-state index contributed by atoms with van der Waals surface area (Å²) < 4.78 is 36.8. The number of tetrazole rings is 1. The van der Waals surface area contributed by atoms with E-state index < -0.39 is 75.6 Å². The molecule has 3 heterocycles. The molecule has 2 N–H and O–H groups in total. The van der Waals surface area contributed by atoms with Gasteiger partial charge in [-0.05, 0) is 35.4 Å². The molecule has 2 amide bonds. The number of H-pyrrole nitrogens is 1. The molecule has 1 aromatic rings. The van der Waals surface area contributed by atoms with E-state index in [2.05, 4.69) is 25.9 Å². The van der Waals surface area contributed by atoms with Crippen molar-refractivity contribution in [1.82, 2.24) is 30.8 Å². The van der Waals surface area contributed by atoms with Crippen LogP contribution in [0.3, 0.4) is 0 Å². The molecule has 180 valence electrons. The van der Waals surface area contributed by atoms with Crippen molar-refractivity contribution in [2.75, 3.05) is 11.5 Å². The van der Waals surface area contributed by atoms with Crippen LogP contribution in [0.25, 0.3) is 0 Å². The van der Waals surface area contributed by atoms with Crippen LogP contribution in [0.4, 0.5) is 13.2 Å². The molecule has 2 unspecified atom stereocenters. The zero-order chi connectivity index (χ0) is 24.3. The smallest absolute Gasteiger partial charge is 0.550 e. The fourth-order valence-corrected chi connectivity index (χ4v) is 6.04. The Bertz CT molecular complexity index is 986. The fourth-order valence-electron chi connectivity index (χ4n) is 3.12. The van der Waals surface area contributed by atoms with E-state index in [4.69, 9.17) is 0 Å². The van der Waals surface area contributed by atoms with Crippen molar-refractivity contribution in [1.29, 1.82) is 0 Å². The molecule has 0 bridgehead atoms. The number of hydrogen-bond acceptors (Lipinski definition) is 12. The van der Waals surface area contributed by atoms with Gasteiger partial charge in [0, 0.05) is 17.0 Å². The number of aromatic amines is 1. The fraction of sp³-hybridized carbons (Fsp3) is 0.533. The average Bonchev–Trinajstić information content (AvgIpc) is 3.24. The van der Waals surface area contributed by atoms with Crippen molar-refractivity contribution < 1.29 is 102 Å². The Labute approximate surface area is 252 Å². The van der Waals surface area contributed by atoms with Crippen LogP contribution in [-0.4, -0.2) is 83.0 Å². The molecule has 1 fully saturated rings. The van der Waals surface area contributed by atoms with E-state index in [-0.39, 0.29) is 82.0 Å². The Hall–Kier alpha value is -0.470. The number of rotatable bonds is 10. The number of carboxylic acid groups (broad SMARTS) is 2. The quantitative estimate of drug-likeness (QED) is 0.154. The summed E-state index contributed by atoms with van der Waals surface area (Å²) in [5.41, 5.74) is -4.93. The minimum Gasteiger partial charge on any atom is -0.550 e. The second kappa shape index (κ2) is 13.9. The van der Waals surface area contributed by atoms with Gasteiger partial charge in [0.15, 0.2) is 0 Å². The molecule has 3 atom stereocenters. The van der Waals surface area contributed by atoms with Crippen molar-refractivity contribution in [3.8, 4) is 0 Å². The molecule has 0 radical (unpaired) electrons. The van der Waals surface area contributed by atoms with Crippen LogP contribution in [0.15, 0.2) is 16.4 Å². The van der Waals surface area contributed by atoms with Crippen molar-refractivity contribution >= 4 is 59.0 Å². The number of alkyl halides is 3. The predicted octanol–water partition coefficient (Wildman–Crippen LogP) is -8.14. The first-order valence-corrected chi connectivity index (χ1v) is 11.9. The molecule has 0 aromatic carbocycles. The molecule has 1 saturated heterocycles. The normalized spacial score (nSPS) is 20.1. The Balaban J connectivity index is 0.00000306. The number of nitrogens with zero attached hydrogens (tertiary/aromatic N) is 4. The average molecular weight is 572 g/mol. The molecule has 0 spiro atoms. The van der Waals surface area contributed by atoms with Gasteiger partial charge in [-0.3, -0.25) is 14.5 Å². The van der Waals surface area contributed by atoms with E-state index in [9.17, 15) is 42.6 Å². The van der Waals surface area contributed by atoms with Crippen molar-refractivity contribution in [3.05, 3.63) is 11.3 Å². The minimum atomic E-state index is -4.62. The molecule has 2 aliphatic rings. The van der Waals surface area contributed by atoms with E-state index in [1.165, 1.54) is 0 Å². The number of thioether (sulfide) groups is 3. The van der Waals surface area contributed by atoms with Gasteiger partial charge < -0.3 is 25.1 Å². The predicted molar refractivity (Wildman–Crippen MR) is 104 cm³/mol. The third-order valence-corrected chi connectivity index (χ3v) is 7.67. The number of carbonyl (C=O) groups is 4. The minimum absolute atomic E-state index is 0. The summed E-state index contributed by atoms with van der Waals surface area (Å²) in [7, 11) is 0. The van der Waals surface area contributed by atoms with Gasteiger partial charge in [-0.25, -0.2) is 0 Å². The van der Waals surface area contributed by atoms with Crippen molar-refractivity contribution in [2.24, 2.45) is 0 Å². The molecule has 2 aliphatic heterocycles. The van der Waals surface area contributed by atoms with Crippen LogP contribution in [0.5, 0.6) is 0 Å². The third-order valence-electron chi connectivity index (χ3n) is 4.45. The Morgan fingerprint density at radius 2 is 1.97 bits per heavy atom. The standard InChI is InChI=1S/C15H15F3N6O6S3.2Na/c16-15(17,18)32-4-7(25)19-9-11(28)24-10(13(29)30)5(3-31-12(9)24)6(1-2-8(26)27)33-14-20-22-23-21-14;;/h6,9,12H,1-4H2,(H,19,25)(H,26,27)(H,29,30)(H,20,21,22,23);;/q;2*+1/p-2/t6?,9?,12-;;/m0../s1. The summed E-state index contributed by atoms with van der Waals surface area (Å²) >= 11 is 1.43. The van der Waals surface area contributed by atoms with Gasteiger partial charge in [0.25, 0.3) is 5.91 Å². The van der Waals surface area contributed by atoms with E-state index >= 15 is 0 Å². The molecule has 20 heteroatoms. The topological polar surface area (TPSA) is 184 Å². The first-order valence-electron chi connectivity index (χ1n) is 8.97. The molecular weight excluding hydrogens is 559 g/mol. The first-order chi connectivity index (χ1) is 15.5. The molecule has 12 nitrogen and oxygen atoms in total. The number of β-lactam (4-membered cyclic amide) rings is 1.